The third-order valence-corrected chi connectivity index (χ3v) is 5.89. The topological polar surface area (TPSA) is 76.8 Å². The Morgan fingerprint density at radius 3 is 2.57 bits per heavy atom. The predicted octanol–water partition coefficient (Wildman–Crippen LogP) is 3.95. The van der Waals surface area contributed by atoms with Crippen LogP contribution in [0.3, 0.4) is 0 Å². The minimum absolute atomic E-state index is 0.0451. The second kappa shape index (κ2) is 9.17. The lowest BCUT2D eigenvalue weighted by molar-refractivity contribution is -0.125. The van der Waals surface area contributed by atoms with Crippen LogP contribution in [-0.2, 0) is 16.1 Å². The first kappa shape index (κ1) is 21.6. The van der Waals surface area contributed by atoms with Gasteiger partial charge >= 0.3 is 11.6 Å². The van der Waals surface area contributed by atoms with Crippen molar-refractivity contribution in [3.63, 3.8) is 0 Å². The Morgan fingerprint density at radius 1 is 1.10 bits per heavy atom. The van der Waals surface area contributed by atoms with Crippen LogP contribution in [0.2, 0.25) is 0 Å². The van der Waals surface area contributed by atoms with Crippen LogP contribution in [0.4, 0.5) is 0 Å². The number of nitrogens with zero attached hydrogens (tertiary/aromatic N) is 1. The molecule has 6 nitrogen and oxygen atoms in total. The van der Waals surface area contributed by atoms with Gasteiger partial charge in [-0.25, -0.2) is 9.59 Å². The van der Waals surface area contributed by atoms with E-state index in [2.05, 4.69) is 0 Å². The molecule has 0 spiro atoms. The molecule has 1 heterocycles. The molecule has 7 heteroatoms. The van der Waals surface area contributed by atoms with Gasteiger partial charge in [0.1, 0.15) is 12.2 Å². The van der Waals surface area contributed by atoms with Gasteiger partial charge in [0.15, 0.2) is 0 Å². The van der Waals surface area contributed by atoms with Crippen molar-refractivity contribution in [3.05, 3.63) is 75.1 Å². The van der Waals surface area contributed by atoms with Gasteiger partial charge in [0.25, 0.3) is 0 Å². The maximum absolute atomic E-state index is 12.7. The summed E-state index contributed by atoms with van der Waals surface area (Å²) in [4.78, 5) is 38.8. The third kappa shape index (κ3) is 4.74. The first-order valence-electron chi connectivity index (χ1n) is 9.40. The second-order valence-corrected chi connectivity index (χ2v) is 8.14. The summed E-state index contributed by atoms with van der Waals surface area (Å²) < 4.78 is 10.9. The monoisotopic (exact) mass is 425 g/mol. The number of hydrogen-bond acceptors (Lipinski definition) is 6. The largest absolute Gasteiger partial charge is 0.457 e. The SMILES string of the molecule is Cc1ccc2c(COC(=O)c3ccccc3SCC(=O)N(C)C)cc(=O)oc2c1C. The molecule has 0 aliphatic carbocycles. The highest BCUT2D eigenvalue weighted by Gasteiger charge is 2.16. The Bertz CT molecular complexity index is 1170. The van der Waals surface area contributed by atoms with E-state index in [1.165, 1.54) is 22.7 Å². The second-order valence-electron chi connectivity index (χ2n) is 7.12. The fourth-order valence-electron chi connectivity index (χ4n) is 2.89. The number of esters is 1. The number of ether oxygens (including phenoxy) is 1. The van der Waals surface area contributed by atoms with Crippen molar-refractivity contribution in [2.24, 2.45) is 0 Å². The molecular formula is C23H23NO5S. The highest BCUT2D eigenvalue weighted by atomic mass is 32.2. The van der Waals surface area contributed by atoms with Gasteiger partial charge in [0, 0.05) is 36.0 Å². The van der Waals surface area contributed by atoms with Gasteiger partial charge in [-0.05, 0) is 37.1 Å². The minimum Gasteiger partial charge on any atom is -0.457 e. The fourth-order valence-corrected chi connectivity index (χ4v) is 3.91. The maximum atomic E-state index is 12.7. The van der Waals surface area contributed by atoms with E-state index in [0.717, 1.165) is 16.5 Å². The van der Waals surface area contributed by atoms with Crippen LogP contribution in [0.5, 0.6) is 0 Å². The van der Waals surface area contributed by atoms with Crippen LogP contribution in [0.1, 0.15) is 27.0 Å². The van der Waals surface area contributed by atoms with Crippen molar-refractivity contribution in [2.45, 2.75) is 25.3 Å². The van der Waals surface area contributed by atoms with E-state index in [0.29, 0.717) is 21.6 Å². The zero-order chi connectivity index (χ0) is 21.8. The third-order valence-electron chi connectivity index (χ3n) is 4.83. The lowest BCUT2D eigenvalue weighted by atomic mass is 10.0. The average Bonchev–Trinajstić information content (AvgIpc) is 2.73. The molecular weight excluding hydrogens is 402 g/mol. The van der Waals surface area contributed by atoms with E-state index in [1.54, 1.807) is 38.4 Å². The van der Waals surface area contributed by atoms with Crippen LogP contribution in [0.25, 0.3) is 11.0 Å². The number of rotatable bonds is 6. The van der Waals surface area contributed by atoms with E-state index in [1.807, 2.05) is 26.0 Å². The van der Waals surface area contributed by atoms with Gasteiger partial charge in [0.05, 0.1) is 11.3 Å². The first-order valence-corrected chi connectivity index (χ1v) is 10.4. The summed E-state index contributed by atoms with van der Waals surface area (Å²) in [5.41, 5.74) is 2.88. The van der Waals surface area contributed by atoms with Crippen LogP contribution in [0, 0.1) is 13.8 Å². The van der Waals surface area contributed by atoms with Crippen LogP contribution >= 0.6 is 11.8 Å². The summed E-state index contributed by atoms with van der Waals surface area (Å²) in [5, 5.41) is 0.740. The number of fused-ring (bicyclic) bond motifs is 1. The highest BCUT2D eigenvalue weighted by molar-refractivity contribution is 8.00. The molecule has 0 saturated heterocycles. The Hall–Kier alpha value is -3.06. The van der Waals surface area contributed by atoms with Crippen LogP contribution in [-0.4, -0.2) is 36.6 Å². The molecule has 2 aromatic carbocycles. The van der Waals surface area contributed by atoms with Crippen molar-refractivity contribution in [2.75, 3.05) is 19.8 Å². The Kier molecular flexibility index (Phi) is 6.62. The van der Waals surface area contributed by atoms with E-state index in [4.69, 9.17) is 9.15 Å². The van der Waals surface area contributed by atoms with Crippen molar-refractivity contribution >= 4 is 34.6 Å². The van der Waals surface area contributed by atoms with Gasteiger partial charge in [-0.1, -0.05) is 24.3 Å². The molecule has 0 N–H and O–H groups in total. The molecule has 0 atom stereocenters. The highest BCUT2D eigenvalue weighted by Crippen LogP contribution is 2.26. The van der Waals surface area contributed by atoms with E-state index >= 15 is 0 Å². The quantitative estimate of drug-likeness (QED) is 0.338. The molecule has 1 aromatic heterocycles. The van der Waals surface area contributed by atoms with Gasteiger partial charge < -0.3 is 14.1 Å². The molecule has 30 heavy (non-hydrogen) atoms. The minimum atomic E-state index is -0.513. The van der Waals surface area contributed by atoms with Crippen molar-refractivity contribution < 1.29 is 18.7 Å². The Balaban J connectivity index is 1.81. The molecule has 1 amide bonds. The normalized spacial score (nSPS) is 10.8. The molecule has 0 fully saturated rings. The number of aryl methyl sites for hydroxylation is 2. The Labute approximate surface area is 178 Å². The van der Waals surface area contributed by atoms with E-state index < -0.39 is 11.6 Å². The van der Waals surface area contributed by atoms with Gasteiger partial charge in [-0.3, -0.25) is 4.79 Å². The smallest absolute Gasteiger partial charge is 0.339 e. The van der Waals surface area contributed by atoms with Crippen molar-refractivity contribution in [3.8, 4) is 0 Å². The van der Waals surface area contributed by atoms with Gasteiger partial charge in [0.2, 0.25) is 5.91 Å². The van der Waals surface area contributed by atoms with Crippen molar-refractivity contribution in [1.29, 1.82) is 0 Å². The lowest BCUT2D eigenvalue weighted by Crippen LogP contribution is -2.23. The zero-order valence-corrected chi connectivity index (χ0v) is 18.2. The molecule has 0 unspecified atom stereocenters. The summed E-state index contributed by atoms with van der Waals surface area (Å²) in [7, 11) is 3.38. The zero-order valence-electron chi connectivity index (χ0n) is 17.4. The first-order chi connectivity index (χ1) is 14.3. The molecule has 0 bridgehead atoms. The maximum Gasteiger partial charge on any atom is 0.339 e. The molecule has 0 radical (unpaired) electrons. The van der Waals surface area contributed by atoms with Gasteiger partial charge in [-0.15, -0.1) is 11.8 Å². The molecule has 3 aromatic rings. The summed E-state index contributed by atoms with van der Waals surface area (Å²) in [6.45, 7) is 3.77. The standard InChI is InChI=1S/C23H23NO5S/c1-14-9-10-17-16(11-21(26)29-22(17)15(14)2)12-28-23(27)18-7-5-6-8-19(18)30-13-20(25)24(3)4/h5-11H,12-13H2,1-4H3. The molecule has 0 saturated carbocycles. The predicted molar refractivity (Wildman–Crippen MR) is 117 cm³/mol. The molecule has 0 aliphatic rings. The number of thioether (sulfide) groups is 1. The summed E-state index contributed by atoms with van der Waals surface area (Å²) in [5.74, 6) is -0.336. The molecule has 0 aliphatic heterocycles. The number of hydrogen-bond donors (Lipinski definition) is 0. The molecule has 156 valence electrons. The van der Waals surface area contributed by atoms with Crippen molar-refractivity contribution in [1.82, 2.24) is 4.90 Å². The summed E-state index contributed by atoms with van der Waals surface area (Å²) in [6.07, 6.45) is 0. The summed E-state index contributed by atoms with van der Waals surface area (Å²) >= 11 is 1.28. The van der Waals surface area contributed by atoms with Gasteiger partial charge in [-0.2, -0.15) is 0 Å². The number of carbonyl (C=O) groups is 2. The van der Waals surface area contributed by atoms with Crippen LogP contribution in [0.15, 0.2) is 56.6 Å². The van der Waals surface area contributed by atoms with E-state index in [-0.39, 0.29) is 18.3 Å². The number of benzene rings is 2. The lowest BCUT2D eigenvalue weighted by Gasteiger charge is -2.12. The fraction of sp³-hybridized carbons (Fsp3) is 0.261. The Morgan fingerprint density at radius 2 is 1.83 bits per heavy atom. The number of amides is 1. The summed E-state index contributed by atoms with van der Waals surface area (Å²) in [6, 6.07) is 12.1. The van der Waals surface area contributed by atoms with Crippen LogP contribution < -0.4 is 5.63 Å². The van der Waals surface area contributed by atoms with E-state index in [9.17, 15) is 14.4 Å². The number of carbonyl (C=O) groups excluding carboxylic acids is 2. The molecule has 3 rings (SSSR count). The average molecular weight is 426 g/mol.